The fraction of sp³-hybridized carbons (Fsp3) is 0.176. The van der Waals surface area contributed by atoms with Crippen LogP contribution in [0.25, 0.3) is 0 Å². The second-order valence-electron chi connectivity index (χ2n) is 4.97. The van der Waals surface area contributed by atoms with Crippen molar-refractivity contribution in [1.29, 1.82) is 0 Å². The maximum absolute atomic E-state index is 13.0. The van der Waals surface area contributed by atoms with E-state index in [1.165, 1.54) is 6.07 Å². The Hall–Kier alpha value is -2.56. The van der Waals surface area contributed by atoms with E-state index in [-0.39, 0.29) is 24.3 Å². The Kier molecular flexibility index (Phi) is 4.99. The minimum absolute atomic E-state index is 0.0221. The third-order valence-corrected chi connectivity index (χ3v) is 3.16. The first-order valence-electron chi connectivity index (χ1n) is 6.80. The number of Topliss-reactive ketones (excluding diaryl/α,β-unsaturated/α-hetero) is 1. The number of anilines is 1. The van der Waals surface area contributed by atoms with Crippen LogP contribution >= 0.6 is 0 Å². The summed E-state index contributed by atoms with van der Waals surface area (Å²) in [4.78, 5) is 23.6. The molecule has 2 aromatic rings. The van der Waals surface area contributed by atoms with Gasteiger partial charge in [-0.3, -0.25) is 9.59 Å². The van der Waals surface area contributed by atoms with Crippen LogP contribution in [0.15, 0.2) is 42.5 Å². The van der Waals surface area contributed by atoms with Crippen LogP contribution in [0.5, 0.6) is 0 Å². The van der Waals surface area contributed by atoms with E-state index in [0.717, 1.165) is 17.7 Å². The minimum Gasteiger partial charge on any atom is -0.326 e. The van der Waals surface area contributed by atoms with Crippen LogP contribution in [0.1, 0.15) is 28.8 Å². The van der Waals surface area contributed by atoms with E-state index in [1.807, 2.05) is 19.1 Å². The molecule has 0 bridgehead atoms. The number of halogens is 2. The normalized spacial score (nSPS) is 10.3. The van der Waals surface area contributed by atoms with Crippen LogP contribution in [-0.4, -0.2) is 11.7 Å². The van der Waals surface area contributed by atoms with Crippen molar-refractivity contribution in [3.63, 3.8) is 0 Å². The van der Waals surface area contributed by atoms with Crippen molar-refractivity contribution in [3.05, 3.63) is 65.2 Å². The average molecular weight is 303 g/mol. The molecule has 0 fully saturated rings. The van der Waals surface area contributed by atoms with E-state index in [2.05, 4.69) is 5.32 Å². The number of aryl methyl sites for hydroxylation is 1. The van der Waals surface area contributed by atoms with Crippen LogP contribution in [0.2, 0.25) is 0 Å². The number of ketones is 1. The molecule has 114 valence electrons. The summed E-state index contributed by atoms with van der Waals surface area (Å²) in [6, 6.07) is 10.2. The Morgan fingerprint density at radius 1 is 0.955 bits per heavy atom. The van der Waals surface area contributed by atoms with E-state index >= 15 is 0 Å². The van der Waals surface area contributed by atoms with Gasteiger partial charge in [0, 0.05) is 30.2 Å². The van der Waals surface area contributed by atoms with Crippen molar-refractivity contribution in [2.45, 2.75) is 19.8 Å². The van der Waals surface area contributed by atoms with Gasteiger partial charge in [-0.25, -0.2) is 8.78 Å². The van der Waals surface area contributed by atoms with Gasteiger partial charge < -0.3 is 5.32 Å². The third-order valence-electron chi connectivity index (χ3n) is 3.16. The maximum atomic E-state index is 13.0. The Bertz CT molecular complexity index is 696. The molecular weight excluding hydrogens is 288 g/mol. The van der Waals surface area contributed by atoms with Crippen molar-refractivity contribution in [3.8, 4) is 0 Å². The van der Waals surface area contributed by atoms with Gasteiger partial charge in [-0.1, -0.05) is 29.8 Å². The monoisotopic (exact) mass is 303 g/mol. The molecule has 0 aliphatic heterocycles. The van der Waals surface area contributed by atoms with Crippen molar-refractivity contribution in [2.75, 3.05) is 5.32 Å². The Morgan fingerprint density at radius 3 is 2.27 bits per heavy atom. The quantitative estimate of drug-likeness (QED) is 0.852. The molecule has 2 rings (SSSR count). The number of carbonyl (C=O) groups is 2. The summed E-state index contributed by atoms with van der Waals surface area (Å²) >= 11 is 0. The Balaban J connectivity index is 1.88. The van der Waals surface area contributed by atoms with E-state index in [0.29, 0.717) is 5.56 Å². The molecule has 5 heteroatoms. The standard InChI is InChI=1S/C17H15F2NO2/c1-11-2-4-12(5-3-11)16(21)8-9-17(22)20-13-6-7-14(18)15(19)10-13/h2-7,10H,8-9H2,1H3,(H,20,22). The highest BCUT2D eigenvalue weighted by molar-refractivity contribution is 6.00. The first-order chi connectivity index (χ1) is 10.5. The lowest BCUT2D eigenvalue weighted by Crippen LogP contribution is -2.13. The molecule has 0 aromatic heterocycles. The molecule has 0 saturated heterocycles. The summed E-state index contributed by atoms with van der Waals surface area (Å²) in [5.74, 6) is -2.58. The van der Waals surface area contributed by atoms with Crippen LogP contribution in [0.3, 0.4) is 0 Å². The van der Waals surface area contributed by atoms with Gasteiger partial charge in [0.25, 0.3) is 0 Å². The molecule has 0 spiro atoms. The van der Waals surface area contributed by atoms with Crippen LogP contribution in [-0.2, 0) is 4.79 Å². The molecule has 1 amide bonds. The fourth-order valence-electron chi connectivity index (χ4n) is 1.91. The van der Waals surface area contributed by atoms with Gasteiger partial charge in [0.05, 0.1) is 0 Å². The number of benzene rings is 2. The number of hydrogen-bond donors (Lipinski definition) is 1. The maximum Gasteiger partial charge on any atom is 0.224 e. The van der Waals surface area contributed by atoms with Crippen LogP contribution < -0.4 is 5.32 Å². The van der Waals surface area contributed by atoms with Gasteiger partial charge >= 0.3 is 0 Å². The minimum atomic E-state index is -1.03. The van der Waals surface area contributed by atoms with Gasteiger partial charge in [0.2, 0.25) is 5.91 Å². The summed E-state index contributed by atoms with van der Waals surface area (Å²) in [5, 5.41) is 2.43. The smallest absolute Gasteiger partial charge is 0.224 e. The lowest BCUT2D eigenvalue weighted by molar-refractivity contribution is -0.116. The van der Waals surface area contributed by atoms with Gasteiger partial charge in [-0.05, 0) is 19.1 Å². The zero-order valence-corrected chi connectivity index (χ0v) is 12.0. The van der Waals surface area contributed by atoms with Gasteiger partial charge in [-0.2, -0.15) is 0 Å². The zero-order valence-electron chi connectivity index (χ0n) is 12.0. The fourth-order valence-corrected chi connectivity index (χ4v) is 1.91. The SMILES string of the molecule is Cc1ccc(C(=O)CCC(=O)Nc2ccc(F)c(F)c2)cc1. The average Bonchev–Trinajstić information content (AvgIpc) is 2.49. The van der Waals surface area contributed by atoms with Gasteiger partial charge in [-0.15, -0.1) is 0 Å². The predicted molar refractivity (Wildman–Crippen MR) is 79.7 cm³/mol. The summed E-state index contributed by atoms with van der Waals surface area (Å²) < 4.78 is 25.8. The summed E-state index contributed by atoms with van der Waals surface area (Å²) in [5.41, 5.74) is 1.76. The molecular formula is C17H15F2NO2. The number of nitrogens with one attached hydrogen (secondary N) is 1. The summed E-state index contributed by atoms with van der Waals surface area (Å²) in [6.45, 7) is 1.92. The first-order valence-corrected chi connectivity index (χ1v) is 6.80. The van der Waals surface area contributed by atoms with Crippen molar-refractivity contribution in [1.82, 2.24) is 0 Å². The highest BCUT2D eigenvalue weighted by Crippen LogP contribution is 2.14. The van der Waals surface area contributed by atoms with Crippen LogP contribution in [0, 0.1) is 18.6 Å². The number of amides is 1. The first kappa shape index (κ1) is 15.8. The zero-order chi connectivity index (χ0) is 16.1. The molecule has 0 atom stereocenters. The number of rotatable bonds is 5. The molecule has 0 saturated carbocycles. The van der Waals surface area contributed by atoms with Crippen molar-refractivity contribution in [2.24, 2.45) is 0 Å². The predicted octanol–water partition coefficient (Wildman–Crippen LogP) is 3.87. The molecule has 0 unspecified atom stereocenters. The lowest BCUT2D eigenvalue weighted by Gasteiger charge is -2.06. The van der Waals surface area contributed by atoms with Gasteiger partial charge in [0.1, 0.15) is 0 Å². The molecule has 3 nitrogen and oxygen atoms in total. The van der Waals surface area contributed by atoms with E-state index in [9.17, 15) is 18.4 Å². The van der Waals surface area contributed by atoms with E-state index < -0.39 is 17.5 Å². The largest absolute Gasteiger partial charge is 0.326 e. The second-order valence-corrected chi connectivity index (χ2v) is 4.97. The molecule has 22 heavy (non-hydrogen) atoms. The lowest BCUT2D eigenvalue weighted by atomic mass is 10.0. The van der Waals surface area contributed by atoms with Crippen LogP contribution in [0.4, 0.5) is 14.5 Å². The number of carbonyl (C=O) groups excluding carboxylic acids is 2. The van der Waals surface area contributed by atoms with Crippen molar-refractivity contribution >= 4 is 17.4 Å². The molecule has 0 radical (unpaired) electrons. The molecule has 0 heterocycles. The Labute approximate surface area is 127 Å². The topological polar surface area (TPSA) is 46.2 Å². The molecule has 0 aliphatic rings. The second kappa shape index (κ2) is 6.93. The third kappa shape index (κ3) is 4.22. The van der Waals surface area contributed by atoms with Crippen molar-refractivity contribution < 1.29 is 18.4 Å². The van der Waals surface area contributed by atoms with Gasteiger partial charge in [0.15, 0.2) is 17.4 Å². The highest BCUT2D eigenvalue weighted by Gasteiger charge is 2.10. The number of hydrogen-bond acceptors (Lipinski definition) is 2. The Morgan fingerprint density at radius 2 is 1.64 bits per heavy atom. The van der Waals surface area contributed by atoms with E-state index in [4.69, 9.17) is 0 Å². The highest BCUT2D eigenvalue weighted by atomic mass is 19.2. The summed E-state index contributed by atoms with van der Waals surface area (Å²) in [7, 11) is 0. The molecule has 0 aliphatic carbocycles. The van der Waals surface area contributed by atoms with E-state index in [1.54, 1.807) is 12.1 Å². The summed E-state index contributed by atoms with van der Waals surface area (Å²) in [6.07, 6.45) is 0.0320. The molecule has 1 N–H and O–H groups in total. The molecule has 2 aromatic carbocycles.